The second-order valence-corrected chi connectivity index (χ2v) is 28.6. The summed E-state index contributed by atoms with van der Waals surface area (Å²) in [6, 6.07) is 51.8. The van der Waals surface area contributed by atoms with Gasteiger partial charge in [0.1, 0.15) is 47.2 Å². The summed E-state index contributed by atoms with van der Waals surface area (Å²) in [6.45, 7) is 4.74. The Morgan fingerprint density at radius 1 is 0.397 bits per heavy atom. The minimum Gasteiger partial charge on any atom is -0.382 e. The number of anilines is 8. The molecule has 0 radical (unpaired) electrons. The predicted molar refractivity (Wildman–Crippen MR) is 474 cm³/mol. The quantitative estimate of drug-likeness (QED) is 0.0293. The third-order valence-electron chi connectivity index (χ3n) is 19.5. The molecule has 0 atom stereocenters. The number of imidazole rings is 3. The SMILES string of the molecule is C=CC(=O)N(C)c1cccc(-n2c(=O)n(-c3ccc(C(=O)Nc4ccccn4)cc3)c3c(N)ncnc32)c1.CN(C)C/C=C/C(=O)N(C)c1cccc(-n2c(=O)n(-c3ccc(C(=O)Cc4cc(C(F)(F)F)ccn4)cc3)c3c(N)ncnc32)c1.CN(C)C/C=C/C(=O)N(C)c1cccc(-n2c(=O)n(-c3ccc(C(=O)Nc4ccccn4)cc3)c3c(N)ncnc32)c1. The summed E-state index contributed by atoms with van der Waals surface area (Å²) in [5.74, 6) is -0.789. The van der Waals surface area contributed by atoms with Gasteiger partial charge in [0.2, 0.25) is 17.7 Å². The molecule has 15 rings (SSSR count). The first-order valence-electron chi connectivity index (χ1n) is 38.4. The lowest BCUT2D eigenvalue weighted by Crippen LogP contribution is -2.25. The van der Waals surface area contributed by atoms with Crippen molar-refractivity contribution < 1.29 is 41.9 Å². The number of amides is 5. The summed E-state index contributed by atoms with van der Waals surface area (Å²) >= 11 is 0. The van der Waals surface area contributed by atoms with E-state index in [1.807, 2.05) is 38.0 Å². The molecule has 0 unspecified atom stereocenters. The molecule has 0 spiro atoms. The van der Waals surface area contributed by atoms with E-state index in [0.29, 0.717) is 104 Å². The van der Waals surface area contributed by atoms with Crippen molar-refractivity contribution in [2.75, 3.05) is 105 Å². The second kappa shape index (κ2) is 37.9. The maximum Gasteiger partial charge on any atom is 0.416 e. The van der Waals surface area contributed by atoms with Crippen molar-refractivity contribution in [2.24, 2.45) is 0 Å². The van der Waals surface area contributed by atoms with E-state index in [9.17, 15) is 56.3 Å². The number of aromatic nitrogens is 15. The van der Waals surface area contributed by atoms with Crippen LogP contribution in [0.3, 0.4) is 0 Å². The van der Waals surface area contributed by atoms with Crippen molar-refractivity contribution in [3.05, 3.63) is 328 Å². The summed E-state index contributed by atoms with van der Waals surface area (Å²) < 4.78 is 47.5. The summed E-state index contributed by atoms with van der Waals surface area (Å²) in [5.41, 5.74) is 23.3. The zero-order valence-corrected chi connectivity index (χ0v) is 68.6. The highest BCUT2D eigenvalue weighted by molar-refractivity contribution is 6.06. The molecule has 0 saturated carbocycles. The van der Waals surface area contributed by atoms with Gasteiger partial charge in [-0.05, 0) is 198 Å². The molecule has 0 aliphatic heterocycles. The molecule has 0 fully saturated rings. The van der Waals surface area contributed by atoms with Crippen LogP contribution in [0.2, 0.25) is 0 Å². The standard InChI is InChI=1S/C32H29F3N8O3.C30H29N9O3.C27H22N8O3/c1-40(2)15-5-8-27(45)41(3)24-6-4-7-25(18-24)43-30-28(29(36)38-19-39-30)42(31(43)46)23-11-9-20(10-12-23)26(44)17-22-16-21(13-14-37-22)32(33,34)35;1-36(2)17-7-11-25(40)37(3)22-8-6-9-23(18-22)39-28-26(27(31)33-19-34-28)38(30(39)42)21-14-12-20(13-15-21)29(41)35-24-10-4-5-16-32-24;1-3-22(36)33(2)19-7-6-8-20(15-19)35-25-23(24(28)30-16-31-25)34(27(35)38)18-12-10-17(11-13-18)26(37)32-21-9-4-5-14-29-21/h4-14,16,18-19H,15,17H2,1-3H3,(H2,36,38,39);4-16,18-19H,17H2,1-3H3,(H2,31,33,34)(H,32,35,41);3-16H,1H2,2H3,(H2,28,30,31)(H,29,32,37)/b8-5+;11-7+;. The topological polar surface area (TPSA) is 418 Å². The highest BCUT2D eigenvalue weighted by Gasteiger charge is 2.32. The van der Waals surface area contributed by atoms with Gasteiger partial charge in [-0.2, -0.15) is 13.2 Å². The van der Waals surface area contributed by atoms with Gasteiger partial charge >= 0.3 is 23.2 Å². The molecule has 37 heteroatoms. The number of alkyl halides is 3. The predicted octanol–water partition coefficient (Wildman–Crippen LogP) is 9.90. The number of nitrogens with one attached hydrogen (secondary N) is 2. The number of ketones is 1. The molecule has 0 saturated heterocycles. The monoisotopic (exact) mass is 1700 g/mol. The fourth-order valence-corrected chi connectivity index (χ4v) is 13.1. The number of hydrogen-bond acceptors (Lipinski definition) is 23. The smallest absolute Gasteiger partial charge is 0.382 e. The van der Waals surface area contributed by atoms with E-state index >= 15 is 0 Å². The number of nitrogen functional groups attached to an aromatic ring is 3. The zero-order valence-electron chi connectivity index (χ0n) is 68.6. The Morgan fingerprint density at radius 3 is 1.09 bits per heavy atom. The van der Waals surface area contributed by atoms with Crippen LogP contribution < -0.4 is 59.6 Å². The van der Waals surface area contributed by atoms with Crippen LogP contribution in [0.25, 0.3) is 67.6 Å². The van der Waals surface area contributed by atoms with Crippen LogP contribution in [0.4, 0.5) is 59.3 Å². The Balaban J connectivity index is 0.000000163. The number of carbonyl (C=O) groups is 6. The fourth-order valence-electron chi connectivity index (χ4n) is 13.1. The number of Topliss-reactive ketones (excluding diaryl/α,β-unsaturated/α-hetero) is 1. The van der Waals surface area contributed by atoms with Crippen LogP contribution in [-0.2, 0) is 27.0 Å². The maximum atomic E-state index is 14.0. The van der Waals surface area contributed by atoms with E-state index in [1.165, 1.54) is 104 Å². The van der Waals surface area contributed by atoms with Crippen molar-refractivity contribution in [3.8, 4) is 34.1 Å². The summed E-state index contributed by atoms with van der Waals surface area (Å²) in [5, 5.41) is 5.46. The number of nitrogens with zero attached hydrogens (tertiary/aromatic N) is 20. The van der Waals surface area contributed by atoms with E-state index in [4.69, 9.17) is 17.2 Å². The minimum absolute atomic E-state index is 0.0210. The summed E-state index contributed by atoms with van der Waals surface area (Å²) in [7, 11) is 12.5. The Morgan fingerprint density at radius 2 is 0.754 bits per heavy atom. The number of fused-ring (bicyclic) bond motifs is 3. The van der Waals surface area contributed by atoms with Crippen molar-refractivity contribution in [2.45, 2.75) is 12.6 Å². The van der Waals surface area contributed by atoms with Crippen molar-refractivity contribution in [1.82, 2.24) is 82.1 Å². The first kappa shape index (κ1) is 87.0. The van der Waals surface area contributed by atoms with Crippen molar-refractivity contribution in [1.29, 1.82) is 0 Å². The number of halogens is 3. The van der Waals surface area contributed by atoms with Crippen molar-refractivity contribution >= 4 is 115 Å². The molecular weight excluding hydrogens is 1620 g/mol. The molecule has 34 nitrogen and oxygen atoms in total. The zero-order chi connectivity index (χ0) is 89.8. The van der Waals surface area contributed by atoms with Crippen LogP contribution >= 0.6 is 0 Å². The number of likely N-dealkylation sites (N-methyl/N-ethyl adjacent to an activating group) is 5. The lowest BCUT2D eigenvalue weighted by molar-refractivity contribution is -0.137. The van der Waals surface area contributed by atoms with E-state index in [1.54, 1.807) is 203 Å². The van der Waals surface area contributed by atoms with Crippen LogP contribution in [0.1, 0.15) is 42.3 Å². The number of carbonyl (C=O) groups excluding carboxylic acids is 6. The largest absolute Gasteiger partial charge is 0.416 e. The summed E-state index contributed by atoms with van der Waals surface area (Å²) in [4.78, 5) is 163. The number of pyridine rings is 3. The van der Waals surface area contributed by atoms with Crippen LogP contribution in [0, 0.1) is 0 Å². The second-order valence-electron chi connectivity index (χ2n) is 28.6. The lowest BCUT2D eigenvalue weighted by atomic mass is 10.0. The lowest BCUT2D eigenvalue weighted by Gasteiger charge is -2.16. The van der Waals surface area contributed by atoms with Gasteiger partial charge in [-0.3, -0.25) is 47.5 Å². The summed E-state index contributed by atoms with van der Waals surface area (Å²) in [6.07, 6.45) is 10.8. The van der Waals surface area contributed by atoms with Crippen molar-refractivity contribution in [3.63, 3.8) is 0 Å². The number of rotatable bonds is 23. The highest BCUT2D eigenvalue weighted by Crippen LogP contribution is 2.32. The van der Waals surface area contributed by atoms with Gasteiger partial charge in [0.25, 0.3) is 11.8 Å². The Hall–Kier alpha value is -16.8. The number of hydrogen-bond donors (Lipinski definition) is 5. The Labute approximate surface area is 715 Å². The molecule has 0 aliphatic rings. The molecule has 0 aliphatic carbocycles. The molecular formula is C89H80F3N25O9. The molecule has 15 aromatic rings. The molecule has 126 heavy (non-hydrogen) atoms. The Bertz CT molecular complexity index is 6910. The van der Waals surface area contributed by atoms with Gasteiger partial charge in [-0.25, -0.2) is 68.0 Å². The van der Waals surface area contributed by atoms with Gasteiger partial charge < -0.3 is 52.3 Å². The molecule has 6 aromatic carbocycles. The van der Waals surface area contributed by atoms with Gasteiger partial charge in [-0.1, -0.05) is 49.1 Å². The molecule has 9 aromatic heterocycles. The first-order chi connectivity index (χ1) is 60.5. The molecule has 0 bridgehead atoms. The molecule has 9 heterocycles. The molecule has 5 amide bonds. The average molecular weight is 1700 g/mol. The van der Waals surface area contributed by atoms with Gasteiger partial charge in [-0.15, -0.1) is 0 Å². The van der Waals surface area contributed by atoms with Gasteiger partial charge in [0, 0.05) is 104 Å². The normalized spacial score (nSPS) is 11.4. The minimum atomic E-state index is -4.56. The van der Waals surface area contributed by atoms with E-state index in [2.05, 4.69) is 62.1 Å². The van der Waals surface area contributed by atoms with Gasteiger partial charge in [0.15, 0.2) is 40.2 Å². The number of benzene rings is 6. The molecule has 636 valence electrons. The fraction of sp³-hybridized carbons (Fsp3) is 0.124. The maximum absolute atomic E-state index is 14.0. The van der Waals surface area contributed by atoms with Crippen LogP contribution in [0.15, 0.2) is 283 Å². The highest BCUT2D eigenvalue weighted by atomic mass is 19.4. The third kappa shape index (κ3) is 19.1. The Kier molecular flexibility index (Phi) is 26.1. The average Bonchev–Trinajstić information content (AvgIpc) is 1.60. The number of nitrogens with two attached hydrogens (primary N) is 3. The third-order valence-corrected chi connectivity index (χ3v) is 19.5. The van der Waals surface area contributed by atoms with E-state index < -0.39 is 34.6 Å². The first-order valence-corrected chi connectivity index (χ1v) is 38.4. The van der Waals surface area contributed by atoms with E-state index in [0.717, 1.165) is 18.3 Å². The van der Waals surface area contributed by atoms with Crippen LogP contribution in [0.5, 0.6) is 0 Å². The van der Waals surface area contributed by atoms with Crippen LogP contribution in [-0.4, -0.2) is 180 Å². The van der Waals surface area contributed by atoms with Gasteiger partial charge in [0.05, 0.1) is 46.1 Å². The van der Waals surface area contributed by atoms with E-state index in [-0.39, 0.29) is 81.5 Å². The molecule has 8 N–H and O–H groups in total.